The van der Waals surface area contributed by atoms with Crippen molar-refractivity contribution in [2.45, 2.75) is 0 Å². The van der Waals surface area contributed by atoms with Crippen LogP contribution in [0.4, 0.5) is 5.69 Å². The Kier molecular flexibility index (Phi) is 6.22. The van der Waals surface area contributed by atoms with Crippen molar-refractivity contribution in [2.75, 3.05) is 25.7 Å². The molecule has 0 unspecified atom stereocenters. The zero-order valence-electron chi connectivity index (χ0n) is 11.8. The number of hydrogen-bond donors (Lipinski definition) is 2. The topological polar surface area (TPSA) is 102 Å². The van der Waals surface area contributed by atoms with E-state index in [-0.39, 0.29) is 0 Å². The van der Waals surface area contributed by atoms with Crippen LogP contribution in [0.5, 0.6) is 5.75 Å². The van der Waals surface area contributed by atoms with Gasteiger partial charge < -0.3 is 15.4 Å². The highest BCUT2D eigenvalue weighted by atomic mass is 32.3. The third-order valence-corrected chi connectivity index (χ3v) is 3.00. The molecule has 0 amide bonds. The normalized spacial score (nSPS) is 14.0. The quantitative estimate of drug-likeness (QED) is 0.811. The molecular formula is C13H18N2O5S. The molecule has 21 heavy (non-hydrogen) atoms. The Morgan fingerprint density at radius 1 is 1.29 bits per heavy atom. The molecule has 0 aliphatic carbocycles. The third-order valence-electron chi connectivity index (χ3n) is 2.58. The minimum atomic E-state index is -4.16. The summed E-state index contributed by atoms with van der Waals surface area (Å²) < 4.78 is 35.0. The highest BCUT2D eigenvalue weighted by Gasteiger charge is 2.09. The van der Waals surface area contributed by atoms with Crippen molar-refractivity contribution in [1.82, 2.24) is 0 Å². The van der Waals surface area contributed by atoms with Crippen LogP contribution < -0.4 is 15.4 Å². The maximum Gasteiger partial charge on any atom is 0.397 e. The Balaban J connectivity index is 0.000000315. The number of anilines is 1. The summed E-state index contributed by atoms with van der Waals surface area (Å²) in [6.07, 6.45) is 5.83. The minimum Gasteiger partial charge on any atom is -0.495 e. The van der Waals surface area contributed by atoms with E-state index in [1.165, 1.54) is 0 Å². The van der Waals surface area contributed by atoms with Crippen LogP contribution in [0.3, 0.4) is 0 Å². The summed E-state index contributed by atoms with van der Waals surface area (Å²) in [5.41, 5.74) is 7.52. The van der Waals surface area contributed by atoms with E-state index in [2.05, 4.69) is 9.08 Å². The number of methoxy groups -OCH3 is 1. The van der Waals surface area contributed by atoms with Gasteiger partial charge in [0, 0.05) is 18.4 Å². The van der Waals surface area contributed by atoms with E-state index in [1.807, 2.05) is 42.6 Å². The van der Waals surface area contributed by atoms with Gasteiger partial charge in [-0.1, -0.05) is 12.1 Å². The van der Waals surface area contributed by atoms with Crippen molar-refractivity contribution in [3.63, 3.8) is 0 Å². The molecule has 1 aliphatic heterocycles. The first-order valence-electron chi connectivity index (χ1n) is 5.94. The average Bonchev–Trinajstić information content (AvgIpc) is 2.48. The fraction of sp³-hybridized carbons (Fsp3) is 0.231. The van der Waals surface area contributed by atoms with E-state index in [0.717, 1.165) is 30.8 Å². The van der Waals surface area contributed by atoms with Crippen LogP contribution in [0.2, 0.25) is 0 Å². The lowest BCUT2D eigenvalue weighted by molar-refractivity contribution is 0.324. The molecule has 0 saturated heterocycles. The van der Waals surface area contributed by atoms with E-state index >= 15 is 0 Å². The summed E-state index contributed by atoms with van der Waals surface area (Å²) in [5.74, 6) is 0.871. The first kappa shape index (κ1) is 17.0. The molecule has 0 radical (unpaired) electrons. The molecule has 3 N–H and O–H groups in total. The Bertz CT molecular complexity index is 625. The fourth-order valence-corrected chi connectivity index (χ4v) is 1.55. The van der Waals surface area contributed by atoms with Gasteiger partial charge in [-0.3, -0.25) is 8.74 Å². The minimum absolute atomic E-state index is 0.780. The lowest BCUT2D eigenvalue weighted by Gasteiger charge is -2.23. The van der Waals surface area contributed by atoms with Gasteiger partial charge in [0.05, 0.1) is 19.9 Å². The molecule has 0 aromatic heterocycles. The van der Waals surface area contributed by atoms with Gasteiger partial charge in [0.25, 0.3) is 0 Å². The molecule has 116 valence electrons. The van der Waals surface area contributed by atoms with Crippen molar-refractivity contribution in [2.24, 2.45) is 5.73 Å². The van der Waals surface area contributed by atoms with E-state index in [1.54, 1.807) is 7.11 Å². The first-order valence-corrected chi connectivity index (χ1v) is 7.30. The molecule has 0 fully saturated rings. The summed E-state index contributed by atoms with van der Waals surface area (Å²) in [5, 5.41) is 0. The van der Waals surface area contributed by atoms with Gasteiger partial charge in [0.15, 0.2) is 0 Å². The number of rotatable bonds is 3. The van der Waals surface area contributed by atoms with Crippen molar-refractivity contribution < 1.29 is 21.9 Å². The second-order valence-corrected chi connectivity index (χ2v) is 5.13. The van der Waals surface area contributed by atoms with Crippen molar-refractivity contribution in [1.29, 1.82) is 0 Å². The molecule has 0 bridgehead atoms. The van der Waals surface area contributed by atoms with Crippen LogP contribution in [0, 0.1) is 0 Å². The van der Waals surface area contributed by atoms with Crippen LogP contribution in [0.1, 0.15) is 0 Å². The van der Waals surface area contributed by atoms with Gasteiger partial charge in [-0.05, 0) is 24.3 Å². The predicted octanol–water partition coefficient (Wildman–Crippen LogP) is 1.31. The Hall–Kier alpha value is -2.03. The van der Waals surface area contributed by atoms with Gasteiger partial charge in [-0.25, -0.2) is 0 Å². The molecule has 8 heteroatoms. The number of benzene rings is 1. The molecule has 1 heterocycles. The van der Waals surface area contributed by atoms with Crippen LogP contribution in [0.25, 0.3) is 0 Å². The largest absolute Gasteiger partial charge is 0.495 e. The lowest BCUT2D eigenvalue weighted by atomic mass is 10.2. The smallest absolute Gasteiger partial charge is 0.397 e. The molecule has 7 nitrogen and oxygen atoms in total. The average molecular weight is 314 g/mol. The summed E-state index contributed by atoms with van der Waals surface area (Å²) in [7, 11) is -1.61. The van der Waals surface area contributed by atoms with E-state index in [9.17, 15) is 8.42 Å². The maximum atomic E-state index is 9.33. The van der Waals surface area contributed by atoms with Crippen LogP contribution in [-0.4, -0.2) is 33.7 Å². The van der Waals surface area contributed by atoms with Crippen LogP contribution >= 0.6 is 0 Å². The second kappa shape index (κ2) is 7.67. The number of allylic oxidation sites excluding steroid dienone is 1. The summed E-state index contributed by atoms with van der Waals surface area (Å²) >= 11 is 0. The second-order valence-electron chi connectivity index (χ2n) is 3.94. The monoisotopic (exact) mass is 314 g/mol. The number of nitrogens with zero attached hydrogens (tertiary/aromatic N) is 1. The van der Waals surface area contributed by atoms with Crippen molar-refractivity contribution in [3.05, 3.63) is 48.3 Å². The molecule has 1 aromatic carbocycles. The Morgan fingerprint density at radius 3 is 2.38 bits per heavy atom. The van der Waals surface area contributed by atoms with Crippen LogP contribution in [-0.2, 0) is 14.6 Å². The van der Waals surface area contributed by atoms with Gasteiger partial charge in [-0.2, -0.15) is 8.42 Å². The Labute approximate surface area is 124 Å². The lowest BCUT2D eigenvalue weighted by Crippen LogP contribution is -2.20. The number of ether oxygens (including phenoxy) is 1. The summed E-state index contributed by atoms with van der Waals surface area (Å²) in [6, 6.07) is 7.93. The SMILES string of the molecule is COS(=O)(=O)O.COc1ccccc1N1C=CC(N)=CC1. The third kappa shape index (κ3) is 5.86. The number of para-hydroxylation sites is 2. The van der Waals surface area contributed by atoms with Crippen LogP contribution in [0.15, 0.2) is 48.3 Å². The number of hydrogen-bond acceptors (Lipinski definition) is 6. The number of nitrogens with two attached hydrogens (primary N) is 1. The Morgan fingerprint density at radius 2 is 1.90 bits per heavy atom. The predicted molar refractivity (Wildman–Crippen MR) is 80.3 cm³/mol. The van der Waals surface area contributed by atoms with E-state index in [0.29, 0.717) is 0 Å². The van der Waals surface area contributed by atoms with Crippen molar-refractivity contribution in [3.8, 4) is 5.75 Å². The van der Waals surface area contributed by atoms with Gasteiger partial charge in [0.1, 0.15) is 5.75 Å². The zero-order chi connectivity index (χ0) is 15.9. The standard InChI is InChI=1S/C12H14N2O.CH4O4S/c1-15-12-5-3-2-4-11(12)14-8-6-10(13)7-9-14;1-5-6(2,3)4/h2-8H,9,13H2,1H3;1H3,(H,2,3,4). The van der Waals surface area contributed by atoms with E-state index < -0.39 is 10.4 Å². The maximum absolute atomic E-state index is 9.33. The van der Waals surface area contributed by atoms with Gasteiger partial charge >= 0.3 is 10.4 Å². The molecule has 1 aliphatic rings. The van der Waals surface area contributed by atoms with Crippen molar-refractivity contribution >= 4 is 16.1 Å². The summed E-state index contributed by atoms with van der Waals surface area (Å²) in [6.45, 7) is 0.780. The zero-order valence-corrected chi connectivity index (χ0v) is 12.6. The molecule has 1 aromatic rings. The molecule has 0 spiro atoms. The molecular weight excluding hydrogens is 296 g/mol. The molecule has 0 saturated carbocycles. The fourth-order valence-electron chi connectivity index (χ4n) is 1.55. The van der Waals surface area contributed by atoms with E-state index in [4.69, 9.17) is 15.0 Å². The highest BCUT2D eigenvalue weighted by molar-refractivity contribution is 7.80. The molecule has 2 rings (SSSR count). The molecule has 0 atom stereocenters. The summed E-state index contributed by atoms with van der Waals surface area (Å²) in [4.78, 5) is 2.09. The first-order chi connectivity index (χ1) is 9.87. The van der Waals surface area contributed by atoms with Gasteiger partial charge in [0.2, 0.25) is 0 Å². The van der Waals surface area contributed by atoms with Gasteiger partial charge in [-0.15, -0.1) is 0 Å². The highest BCUT2D eigenvalue weighted by Crippen LogP contribution is 2.28.